The van der Waals surface area contributed by atoms with Crippen LogP contribution in [0.5, 0.6) is 0 Å². The van der Waals surface area contributed by atoms with Gasteiger partial charge in [0.25, 0.3) is 0 Å². The average molecular weight is 222 g/mol. The standard InChI is InChI=1S/C15H26O/c1-13(2)7-10-8-14(3)5-6-15(4,12(14)16)11(10)9-13/h10-12,16H,5-9H2,1-4H3. The molecular formula is C15H26O. The normalized spacial score (nSPS) is 58.7. The van der Waals surface area contributed by atoms with Crippen molar-refractivity contribution < 1.29 is 5.11 Å². The summed E-state index contributed by atoms with van der Waals surface area (Å²) in [4.78, 5) is 0. The van der Waals surface area contributed by atoms with E-state index in [1.807, 2.05) is 0 Å². The molecule has 5 atom stereocenters. The molecule has 1 heteroatoms. The third kappa shape index (κ3) is 1.21. The summed E-state index contributed by atoms with van der Waals surface area (Å²) in [6.45, 7) is 9.51. The van der Waals surface area contributed by atoms with Gasteiger partial charge in [0, 0.05) is 0 Å². The quantitative estimate of drug-likeness (QED) is 0.664. The van der Waals surface area contributed by atoms with Crippen LogP contribution in [0.25, 0.3) is 0 Å². The molecule has 0 saturated heterocycles. The van der Waals surface area contributed by atoms with Crippen LogP contribution in [0.2, 0.25) is 0 Å². The zero-order chi connectivity index (χ0) is 11.8. The molecule has 0 aromatic rings. The molecule has 3 aliphatic carbocycles. The fourth-order valence-corrected chi connectivity index (χ4v) is 5.51. The summed E-state index contributed by atoms with van der Waals surface area (Å²) in [5.74, 6) is 1.67. The predicted molar refractivity (Wildman–Crippen MR) is 66.1 cm³/mol. The van der Waals surface area contributed by atoms with Gasteiger partial charge in [-0.2, -0.15) is 0 Å². The van der Waals surface area contributed by atoms with Crippen LogP contribution >= 0.6 is 0 Å². The lowest BCUT2D eigenvalue weighted by atomic mass is 9.59. The Morgan fingerprint density at radius 1 is 0.938 bits per heavy atom. The van der Waals surface area contributed by atoms with Crippen LogP contribution in [0.1, 0.15) is 59.8 Å². The highest BCUT2D eigenvalue weighted by molar-refractivity contribution is 5.13. The second-order valence-corrected chi connectivity index (χ2v) is 8.21. The number of hydrogen-bond acceptors (Lipinski definition) is 1. The summed E-state index contributed by atoms with van der Waals surface area (Å²) in [5, 5.41) is 10.6. The van der Waals surface area contributed by atoms with Gasteiger partial charge in [-0.05, 0) is 60.2 Å². The van der Waals surface area contributed by atoms with Gasteiger partial charge in [0.1, 0.15) is 0 Å². The Kier molecular flexibility index (Phi) is 1.98. The van der Waals surface area contributed by atoms with Gasteiger partial charge in [0.2, 0.25) is 0 Å². The minimum absolute atomic E-state index is 0.0462. The summed E-state index contributed by atoms with van der Waals surface area (Å²) in [7, 11) is 0. The largest absolute Gasteiger partial charge is 0.392 e. The van der Waals surface area contributed by atoms with E-state index in [2.05, 4.69) is 27.7 Å². The van der Waals surface area contributed by atoms with Gasteiger partial charge in [-0.25, -0.2) is 0 Å². The maximum atomic E-state index is 10.6. The Bertz CT molecular complexity index is 321. The first-order chi connectivity index (χ1) is 7.27. The molecule has 3 rings (SSSR count). The zero-order valence-corrected chi connectivity index (χ0v) is 11.2. The van der Waals surface area contributed by atoms with Crippen LogP contribution in [0.4, 0.5) is 0 Å². The van der Waals surface area contributed by atoms with Crippen molar-refractivity contribution >= 4 is 0 Å². The third-order valence-corrected chi connectivity index (χ3v) is 6.25. The second kappa shape index (κ2) is 2.85. The Balaban J connectivity index is 1.98. The van der Waals surface area contributed by atoms with E-state index < -0.39 is 0 Å². The van der Waals surface area contributed by atoms with Gasteiger partial charge >= 0.3 is 0 Å². The summed E-state index contributed by atoms with van der Waals surface area (Å²) in [6, 6.07) is 0. The van der Waals surface area contributed by atoms with Crippen LogP contribution in [-0.2, 0) is 0 Å². The van der Waals surface area contributed by atoms with E-state index in [0.717, 1.165) is 11.8 Å². The van der Waals surface area contributed by atoms with Crippen molar-refractivity contribution in [3.63, 3.8) is 0 Å². The minimum Gasteiger partial charge on any atom is -0.392 e. The van der Waals surface area contributed by atoms with Crippen molar-refractivity contribution in [2.24, 2.45) is 28.1 Å². The second-order valence-electron chi connectivity index (χ2n) is 8.21. The molecule has 0 aliphatic heterocycles. The molecule has 16 heavy (non-hydrogen) atoms. The van der Waals surface area contributed by atoms with Crippen molar-refractivity contribution in [3.05, 3.63) is 0 Å². The maximum Gasteiger partial charge on any atom is 0.0650 e. The van der Waals surface area contributed by atoms with E-state index in [4.69, 9.17) is 0 Å². The first kappa shape index (κ1) is 11.1. The van der Waals surface area contributed by atoms with Crippen LogP contribution in [-0.4, -0.2) is 11.2 Å². The molecule has 5 unspecified atom stereocenters. The Morgan fingerprint density at radius 2 is 1.62 bits per heavy atom. The number of hydrogen-bond donors (Lipinski definition) is 1. The van der Waals surface area contributed by atoms with Crippen molar-refractivity contribution in [1.82, 2.24) is 0 Å². The Labute approximate surface area is 99.6 Å². The highest BCUT2D eigenvalue weighted by Crippen LogP contribution is 2.68. The fourth-order valence-electron chi connectivity index (χ4n) is 5.51. The monoisotopic (exact) mass is 222 g/mol. The topological polar surface area (TPSA) is 20.2 Å². The van der Waals surface area contributed by atoms with Crippen LogP contribution in [0.3, 0.4) is 0 Å². The molecule has 1 N–H and O–H groups in total. The molecule has 3 saturated carbocycles. The van der Waals surface area contributed by atoms with E-state index in [9.17, 15) is 5.11 Å². The number of aliphatic hydroxyl groups is 1. The van der Waals surface area contributed by atoms with Gasteiger partial charge in [-0.15, -0.1) is 0 Å². The lowest BCUT2D eigenvalue weighted by Gasteiger charge is -2.48. The van der Waals surface area contributed by atoms with Crippen LogP contribution < -0.4 is 0 Å². The molecule has 0 radical (unpaired) electrons. The SMILES string of the molecule is CC1(C)CC2CC3(C)CCC(C)(C2C1)C3O. The van der Waals surface area contributed by atoms with Gasteiger partial charge in [-0.1, -0.05) is 27.7 Å². The van der Waals surface area contributed by atoms with Gasteiger partial charge in [0.05, 0.1) is 6.10 Å². The Morgan fingerprint density at radius 3 is 2.31 bits per heavy atom. The molecule has 1 nitrogen and oxygen atoms in total. The number of rotatable bonds is 0. The highest BCUT2D eigenvalue weighted by Gasteiger charge is 2.63. The molecule has 0 spiro atoms. The molecule has 0 heterocycles. The van der Waals surface area contributed by atoms with Gasteiger partial charge in [0.15, 0.2) is 0 Å². The van der Waals surface area contributed by atoms with E-state index in [1.165, 1.54) is 32.1 Å². The van der Waals surface area contributed by atoms with E-state index in [0.29, 0.717) is 5.41 Å². The lowest BCUT2D eigenvalue weighted by molar-refractivity contribution is -0.0933. The minimum atomic E-state index is -0.0462. The van der Waals surface area contributed by atoms with Gasteiger partial charge < -0.3 is 5.11 Å². The maximum absolute atomic E-state index is 10.6. The summed E-state index contributed by atoms with van der Waals surface area (Å²) in [6.07, 6.45) is 6.45. The van der Waals surface area contributed by atoms with E-state index >= 15 is 0 Å². The van der Waals surface area contributed by atoms with Crippen LogP contribution in [0, 0.1) is 28.1 Å². The molecule has 3 fully saturated rings. The van der Waals surface area contributed by atoms with Crippen molar-refractivity contribution in [2.75, 3.05) is 0 Å². The molecule has 0 aromatic heterocycles. The molecule has 0 amide bonds. The zero-order valence-electron chi connectivity index (χ0n) is 11.2. The highest BCUT2D eigenvalue weighted by atomic mass is 16.3. The van der Waals surface area contributed by atoms with Crippen molar-refractivity contribution in [2.45, 2.75) is 65.9 Å². The lowest BCUT2D eigenvalue weighted by Crippen LogP contribution is -2.48. The fraction of sp³-hybridized carbons (Fsp3) is 1.00. The van der Waals surface area contributed by atoms with E-state index in [1.54, 1.807) is 0 Å². The molecule has 92 valence electrons. The third-order valence-electron chi connectivity index (χ3n) is 6.25. The van der Waals surface area contributed by atoms with Crippen LogP contribution in [0.15, 0.2) is 0 Å². The predicted octanol–water partition coefficient (Wildman–Crippen LogP) is 3.61. The number of fused-ring (bicyclic) bond motifs is 4. The van der Waals surface area contributed by atoms with E-state index in [-0.39, 0.29) is 16.9 Å². The molecule has 0 aromatic carbocycles. The smallest absolute Gasteiger partial charge is 0.0650 e. The summed E-state index contributed by atoms with van der Waals surface area (Å²) < 4.78 is 0. The summed E-state index contributed by atoms with van der Waals surface area (Å²) >= 11 is 0. The number of aliphatic hydroxyl groups excluding tert-OH is 1. The van der Waals surface area contributed by atoms with Gasteiger partial charge in [-0.3, -0.25) is 0 Å². The first-order valence-electron chi connectivity index (χ1n) is 6.95. The van der Waals surface area contributed by atoms with Crippen molar-refractivity contribution in [3.8, 4) is 0 Å². The molecule has 2 bridgehead atoms. The first-order valence-corrected chi connectivity index (χ1v) is 6.95. The molecular weight excluding hydrogens is 196 g/mol. The molecule has 3 aliphatic rings. The Hall–Kier alpha value is -0.0400. The summed E-state index contributed by atoms with van der Waals surface area (Å²) in [5.41, 5.74) is 0.973. The average Bonchev–Trinajstić information content (AvgIpc) is 2.54. The van der Waals surface area contributed by atoms with Crippen molar-refractivity contribution in [1.29, 1.82) is 0 Å².